The number of aromatic nitrogens is 1. The summed E-state index contributed by atoms with van der Waals surface area (Å²) < 4.78 is 7.06. The van der Waals surface area contributed by atoms with Gasteiger partial charge in [-0.3, -0.25) is 4.79 Å². The number of rotatable bonds is 6. The van der Waals surface area contributed by atoms with Crippen molar-refractivity contribution in [3.05, 3.63) is 84.2 Å². The van der Waals surface area contributed by atoms with E-state index in [0.717, 1.165) is 17.0 Å². The van der Waals surface area contributed by atoms with Crippen molar-refractivity contribution in [1.82, 2.24) is 9.88 Å². The third-order valence-electron chi connectivity index (χ3n) is 3.99. The molecule has 1 amide bonds. The topological polar surface area (TPSA) is 63.5 Å². The minimum Gasteiger partial charge on any atom is -0.497 e. The molecule has 0 aliphatic carbocycles. The number of benzene rings is 2. The van der Waals surface area contributed by atoms with Crippen LogP contribution in [-0.2, 0) is 0 Å². The number of aliphatic hydroxyl groups is 1. The zero-order valence-electron chi connectivity index (χ0n) is 13.9. The van der Waals surface area contributed by atoms with Crippen molar-refractivity contribution >= 4 is 5.91 Å². The molecule has 0 spiro atoms. The molecule has 0 radical (unpaired) electrons. The molecular weight excluding hydrogens is 316 g/mol. The highest BCUT2D eigenvalue weighted by atomic mass is 16.5. The summed E-state index contributed by atoms with van der Waals surface area (Å²) in [6.07, 6.45) is 3.12. The van der Waals surface area contributed by atoms with Crippen LogP contribution in [0.25, 0.3) is 5.69 Å². The fourth-order valence-electron chi connectivity index (χ4n) is 2.53. The molecule has 1 atom stereocenters. The number of amides is 1. The first-order chi connectivity index (χ1) is 12.2. The Hall–Kier alpha value is -3.05. The highest BCUT2D eigenvalue weighted by Crippen LogP contribution is 2.17. The zero-order valence-corrected chi connectivity index (χ0v) is 13.9. The molecule has 1 heterocycles. The number of hydrogen-bond acceptors (Lipinski definition) is 3. The van der Waals surface area contributed by atoms with E-state index >= 15 is 0 Å². The lowest BCUT2D eigenvalue weighted by atomic mass is 10.1. The first kappa shape index (κ1) is 16.8. The third kappa shape index (κ3) is 4.08. The van der Waals surface area contributed by atoms with E-state index < -0.39 is 6.10 Å². The molecule has 1 aromatic heterocycles. The number of nitrogens with one attached hydrogen (secondary N) is 1. The Morgan fingerprint density at radius 3 is 2.32 bits per heavy atom. The first-order valence-corrected chi connectivity index (χ1v) is 8.01. The van der Waals surface area contributed by atoms with Gasteiger partial charge in [0.25, 0.3) is 5.91 Å². The second-order valence-corrected chi connectivity index (χ2v) is 5.64. The van der Waals surface area contributed by atoms with Gasteiger partial charge in [-0.1, -0.05) is 12.1 Å². The number of ether oxygens (including phenoxy) is 1. The Morgan fingerprint density at radius 2 is 1.72 bits per heavy atom. The minimum absolute atomic E-state index is 0.143. The molecule has 0 saturated heterocycles. The molecular formula is C20H20N2O3. The van der Waals surface area contributed by atoms with E-state index in [-0.39, 0.29) is 12.5 Å². The first-order valence-electron chi connectivity index (χ1n) is 8.01. The highest BCUT2D eigenvalue weighted by Gasteiger charge is 2.11. The molecule has 2 aromatic carbocycles. The summed E-state index contributed by atoms with van der Waals surface area (Å²) in [5, 5.41) is 12.9. The molecule has 0 aliphatic rings. The lowest BCUT2D eigenvalue weighted by Gasteiger charge is -2.13. The predicted molar refractivity (Wildman–Crippen MR) is 96.1 cm³/mol. The smallest absolute Gasteiger partial charge is 0.251 e. The van der Waals surface area contributed by atoms with E-state index in [1.54, 1.807) is 43.5 Å². The molecule has 0 saturated carbocycles. The molecule has 1 unspecified atom stereocenters. The molecule has 128 valence electrons. The average molecular weight is 336 g/mol. The van der Waals surface area contributed by atoms with Crippen LogP contribution in [0.4, 0.5) is 0 Å². The van der Waals surface area contributed by atoms with Crippen LogP contribution in [0.3, 0.4) is 0 Å². The van der Waals surface area contributed by atoms with E-state index in [2.05, 4.69) is 5.32 Å². The van der Waals surface area contributed by atoms with Crippen LogP contribution in [0.1, 0.15) is 22.0 Å². The van der Waals surface area contributed by atoms with Crippen LogP contribution >= 0.6 is 0 Å². The van der Waals surface area contributed by atoms with Crippen LogP contribution in [0, 0.1) is 0 Å². The molecule has 2 N–H and O–H groups in total. The number of nitrogens with zero attached hydrogens (tertiary/aromatic N) is 1. The van der Waals surface area contributed by atoms with Crippen molar-refractivity contribution in [2.45, 2.75) is 6.10 Å². The molecule has 5 heteroatoms. The fraction of sp³-hybridized carbons (Fsp3) is 0.150. The van der Waals surface area contributed by atoms with Crippen molar-refractivity contribution in [2.75, 3.05) is 13.7 Å². The number of hydrogen-bond donors (Lipinski definition) is 2. The van der Waals surface area contributed by atoms with Crippen LogP contribution in [0.15, 0.2) is 73.1 Å². The molecule has 5 nitrogen and oxygen atoms in total. The average Bonchev–Trinajstić information content (AvgIpc) is 3.21. The maximum absolute atomic E-state index is 12.2. The molecule has 0 fully saturated rings. The lowest BCUT2D eigenvalue weighted by Crippen LogP contribution is -2.28. The van der Waals surface area contributed by atoms with Gasteiger partial charge in [-0.05, 0) is 54.1 Å². The van der Waals surface area contributed by atoms with Crippen molar-refractivity contribution in [1.29, 1.82) is 0 Å². The largest absolute Gasteiger partial charge is 0.497 e. The summed E-state index contributed by atoms with van der Waals surface area (Å²) in [7, 11) is 1.59. The Kier molecular flexibility index (Phi) is 5.16. The molecule has 0 bridgehead atoms. The van der Waals surface area contributed by atoms with Crippen molar-refractivity contribution in [2.24, 2.45) is 0 Å². The molecule has 3 rings (SSSR count). The van der Waals surface area contributed by atoms with Crippen LogP contribution in [-0.4, -0.2) is 29.2 Å². The molecule has 3 aromatic rings. The Balaban J connectivity index is 1.58. The SMILES string of the molecule is COc1ccc(C(O)CNC(=O)c2ccc(-n3cccc3)cc2)cc1. The predicted octanol–water partition coefficient (Wildman–Crippen LogP) is 2.95. The van der Waals surface area contributed by atoms with E-state index in [4.69, 9.17) is 4.74 Å². The number of methoxy groups -OCH3 is 1. The Bertz CT molecular complexity index is 809. The van der Waals surface area contributed by atoms with Gasteiger partial charge >= 0.3 is 0 Å². The Morgan fingerprint density at radius 1 is 1.08 bits per heavy atom. The second kappa shape index (κ2) is 7.68. The summed E-state index contributed by atoms with van der Waals surface area (Å²) >= 11 is 0. The van der Waals surface area contributed by atoms with Gasteiger partial charge in [0.2, 0.25) is 0 Å². The second-order valence-electron chi connectivity index (χ2n) is 5.64. The lowest BCUT2D eigenvalue weighted by molar-refractivity contribution is 0.0916. The van der Waals surface area contributed by atoms with Gasteiger partial charge < -0.3 is 19.7 Å². The van der Waals surface area contributed by atoms with Gasteiger partial charge in [0.15, 0.2) is 0 Å². The van der Waals surface area contributed by atoms with Gasteiger partial charge in [0.05, 0.1) is 13.2 Å². The van der Waals surface area contributed by atoms with Gasteiger partial charge in [0.1, 0.15) is 5.75 Å². The highest BCUT2D eigenvalue weighted by molar-refractivity contribution is 5.94. The summed E-state index contributed by atoms with van der Waals surface area (Å²) in [6, 6.07) is 18.3. The quantitative estimate of drug-likeness (QED) is 0.727. The van der Waals surface area contributed by atoms with Crippen molar-refractivity contribution < 1.29 is 14.6 Å². The molecule has 25 heavy (non-hydrogen) atoms. The number of carbonyl (C=O) groups is 1. The normalized spacial score (nSPS) is 11.8. The monoisotopic (exact) mass is 336 g/mol. The van der Waals surface area contributed by atoms with E-state index in [0.29, 0.717) is 5.56 Å². The van der Waals surface area contributed by atoms with Crippen molar-refractivity contribution in [3.63, 3.8) is 0 Å². The standard InChI is InChI=1S/C20H20N2O3/c1-25-18-10-6-15(7-11-18)19(23)14-21-20(24)16-4-8-17(9-5-16)22-12-2-3-13-22/h2-13,19,23H,14H2,1H3,(H,21,24). The minimum atomic E-state index is -0.769. The van der Waals surface area contributed by atoms with Gasteiger partial charge in [-0.25, -0.2) is 0 Å². The van der Waals surface area contributed by atoms with Crippen LogP contribution in [0.2, 0.25) is 0 Å². The summed E-state index contributed by atoms with van der Waals surface area (Å²) in [5.41, 5.74) is 2.27. The summed E-state index contributed by atoms with van der Waals surface area (Å²) in [6.45, 7) is 0.143. The van der Waals surface area contributed by atoms with Crippen LogP contribution in [0.5, 0.6) is 5.75 Å². The molecule has 0 aliphatic heterocycles. The maximum Gasteiger partial charge on any atom is 0.251 e. The fourth-order valence-corrected chi connectivity index (χ4v) is 2.53. The third-order valence-corrected chi connectivity index (χ3v) is 3.99. The van der Waals surface area contributed by atoms with E-state index in [1.165, 1.54) is 0 Å². The van der Waals surface area contributed by atoms with Gasteiger partial charge in [-0.2, -0.15) is 0 Å². The summed E-state index contributed by atoms with van der Waals surface area (Å²) in [5.74, 6) is 0.509. The van der Waals surface area contributed by atoms with Crippen LogP contribution < -0.4 is 10.1 Å². The van der Waals surface area contributed by atoms with E-state index in [9.17, 15) is 9.90 Å². The number of aliphatic hydroxyl groups excluding tert-OH is 1. The zero-order chi connectivity index (χ0) is 17.6. The van der Waals surface area contributed by atoms with E-state index in [1.807, 2.05) is 41.2 Å². The van der Waals surface area contributed by atoms with Gasteiger partial charge in [0, 0.05) is 30.2 Å². The maximum atomic E-state index is 12.2. The number of carbonyl (C=O) groups excluding carboxylic acids is 1. The summed E-state index contributed by atoms with van der Waals surface area (Å²) in [4.78, 5) is 12.2. The van der Waals surface area contributed by atoms with Crippen molar-refractivity contribution in [3.8, 4) is 11.4 Å². The van der Waals surface area contributed by atoms with Gasteiger partial charge in [-0.15, -0.1) is 0 Å². The Labute approximate surface area is 146 Å².